The SMILES string of the molecule is CCOC(=O)COc1cc(Cl)cc(C(=O)Nc2ccc(Cl)cn2)c1NC(=O)c1ccc(C(=N)N2CCCC2)cc1. The van der Waals surface area contributed by atoms with E-state index in [1.54, 1.807) is 37.3 Å². The Morgan fingerprint density at radius 1 is 0.950 bits per heavy atom. The monoisotopic (exact) mass is 583 g/mol. The van der Waals surface area contributed by atoms with Gasteiger partial charge in [0.15, 0.2) is 6.61 Å². The Balaban J connectivity index is 1.61. The summed E-state index contributed by atoms with van der Waals surface area (Å²) < 4.78 is 10.5. The molecule has 0 spiro atoms. The van der Waals surface area contributed by atoms with E-state index in [0.29, 0.717) is 16.4 Å². The summed E-state index contributed by atoms with van der Waals surface area (Å²) in [5.41, 5.74) is 0.955. The van der Waals surface area contributed by atoms with Crippen molar-refractivity contribution in [2.24, 2.45) is 0 Å². The van der Waals surface area contributed by atoms with E-state index < -0.39 is 24.4 Å². The van der Waals surface area contributed by atoms with Gasteiger partial charge < -0.3 is 25.0 Å². The number of rotatable bonds is 9. The van der Waals surface area contributed by atoms with Crippen LogP contribution in [0.5, 0.6) is 5.75 Å². The van der Waals surface area contributed by atoms with Crippen molar-refractivity contribution < 1.29 is 23.9 Å². The van der Waals surface area contributed by atoms with Gasteiger partial charge >= 0.3 is 5.97 Å². The quantitative estimate of drug-likeness (QED) is 0.178. The molecule has 1 aliphatic rings. The number of likely N-dealkylation sites (tertiary alicyclic amines) is 1. The molecule has 0 atom stereocenters. The van der Waals surface area contributed by atoms with E-state index in [1.165, 1.54) is 24.4 Å². The summed E-state index contributed by atoms with van der Waals surface area (Å²) in [7, 11) is 0. The number of carbonyl (C=O) groups excluding carboxylic acids is 3. The maximum absolute atomic E-state index is 13.3. The first-order chi connectivity index (χ1) is 19.2. The van der Waals surface area contributed by atoms with Crippen molar-refractivity contribution in [1.29, 1.82) is 5.41 Å². The Morgan fingerprint density at radius 2 is 1.65 bits per heavy atom. The highest BCUT2D eigenvalue weighted by molar-refractivity contribution is 6.32. The van der Waals surface area contributed by atoms with Crippen molar-refractivity contribution in [3.8, 4) is 5.75 Å². The number of anilines is 2. The van der Waals surface area contributed by atoms with Crippen LogP contribution in [0.25, 0.3) is 0 Å². The van der Waals surface area contributed by atoms with Crippen molar-refractivity contribution in [1.82, 2.24) is 9.88 Å². The lowest BCUT2D eigenvalue weighted by Gasteiger charge is -2.19. The number of nitrogens with zero attached hydrogens (tertiary/aromatic N) is 2. The summed E-state index contributed by atoms with van der Waals surface area (Å²) in [6.07, 6.45) is 3.47. The summed E-state index contributed by atoms with van der Waals surface area (Å²) in [6, 6.07) is 12.4. The summed E-state index contributed by atoms with van der Waals surface area (Å²) in [5.74, 6) is -1.18. The van der Waals surface area contributed by atoms with Gasteiger partial charge in [-0.2, -0.15) is 0 Å². The van der Waals surface area contributed by atoms with Gasteiger partial charge in [0, 0.05) is 41.5 Å². The standard InChI is InChI=1S/C28H27Cl2N5O5/c1-2-39-24(36)16-40-22-14-20(30)13-21(28(38)33-23-10-9-19(29)15-32-23)25(22)34-27(37)18-7-5-17(6-8-18)26(31)35-11-3-4-12-35/h5-10,13-15,31H,2-4,11-12,16H2,1H3,(H,34,37)(H,32,33,38). The number of halogens is 2. The number of amides is 2. The van der Waals surface area contributed by atoms with E-state index in [1.807, 2.05) is 4.90 Å². The molecular formula is C28H27Cl2N5O5. The van der Waals surface area contributed by atoms with Crippen molar-refractivity contribution >= 4 is 58.3 Å². The molecule has 3 N–H and O–H groups in total. The minimum Gasteiger partial charge on any atom is -0.480 e. The molecule has 1 aromatic heterocycles. The topological polar surface area (TPSA) is 134 Å². The minimum atomic E-state index is -0.636. The first-order valence-corrected chi connectivity index (χ1v) is 13.3. The van der Waals surface area contributed by atoms with Crippen LogP contribution in [0, 0.1) is 5.41 Å². The van der Waals surface area contributed by atoms with Gasteiger partial charge in [0.05, 0.1) is 22.9 Å². The van der Waals surface area contributed by atoms with Crippen LogP contribution in [-0.4, -0.2) is 59.8 Å². The molecule has 1 saturated heterocycles. The van der Waals surface area contributed by atoms with Gasteiger partial charge in [-0.05, 0) is 50.1 Å². The second-order valence-electron chi connectivity index (χ2n) is 8.81. The van der Waals surface area contributed by atoms with E-state index in [9.17, 15) is 14.4 Å². The van der Waals surface area contributed by atoms with Crippen molar-refractivity contribution in [3.05, 3.63) is 81.5 Å². The number of ether oxygens (including phenoxy) is 2. The maximum atomic E-state index is 13.3. The molecule has 0 aliphatic carbocycles. The molecule has 12 heteroatoms. The lowest BCUT2D eigenvalue weighted by atomic mass is 10.1. The van der Waals surface area contributed by atoms with Gasteiger partial charge in [-0.3, -0.25) is 15.0 Å². The highest BCUT2D eigenvalue weighted by Crippen LogP contribution is 2.34. The van der Waals surface area contributed by atoms with Crippen LogP contribution < -0.4 is 15.4 Å². The van der Waals surface area contributed by atoms with Gasteiger partial charge in [0.2, 0.25) is 0 Å². The molecule has 10 nitrogen and oxygen atoms in total. The van der Waals surface area contributed by atoms with Crippen molar-refractivity contribution in [2.45, 2.75) is 19.8 Å². The predicted octanol–water partition coefficient (Wildman–Crippen LogP) is 5.26. The fourth-order valence-corrected chi connectivity index (χ4v) is 4.38. The number of carbonyl (C=O) groups is 3. The van der Waals surface area contributed by atoms with E-state index in [4.69, 9.17) is 38.1 Å². The highest BCUT2D eigenvalue weighted by atomic mass is 35.5. The minimum absolute atomic E-state index is 0.000881. The third-order valence-corrected chi connectivity index (χ3v) is 6.45. The second-order valence-corrected chi connectivity index (χ2v) is 9.68. The second kappa shape index (κ2) is 13.3. The van der Waals surface area contributed by atoms with Crippen LogP contribution >= 0.6 is 23.2 Å². The Labute approximate surface area is 241 Å². The number of nitrogens with one attached hydrogen (secondary N) is 3. The third-order valence-electron chi connectivity index (χ3n) is 6.01. The van der Waals surface area contributed by atoms with E-state index in [2.05, 4.69) is 15.6 Å². The van der Waals surface area contributed by atoms with Crippen LogP contribution in [0.3, 0.4) is 0 Å². The third kappa shape index (κ3) is 7.28. The predicted molar refractivity (Wildman–Crippen MR) is 153 cm³/mol. The molecule has 0 bridgehead atoms. The number of hydrogen-bond donors (Lipinski definition) is 3. The van der Waals surface area contributed by atoms with Crippen LogP contribution in [0.15, 0.2) is 54.7 Å². The fourth-order valence-electron chi connectivity index (χ4n) is 4.06. The van der Waals surface area contributed by atoms with Gasteiger partial charge in [0.1, 0.15) is 17.4 Å². The van der Waals surface area contributed by atoms with Gasteiger partial charge in [-0.1, -0.05) is 35.3 Å². The van der Waals surface area contributed by atoms with Crippen LogP contribution in [0.1, 0.15) is 46.0 Å². The number of pyridine rings is 1. The zero-order valence-electron chi connectivity index (χ0n) is 21.6. The average Bonchev–Trinajstić information content (AvgIpc) is 3.49. The maximum Gasteiger partial charge on any atom is 0.344 e. The number of benzene rings is 2. The molecule has 1 fully saturated rings. The lowest BCUT2D eigenvalue weighted by molar-refractivity contribution is -0.145. The molecule has 0 saturated carbocycles. The Bertz CT molecular complexity index is 1410. The Morgan fingerprint density at radius 3 is 2.30 bits per heavy atom. The molecular weight excluding hydrogens is 557 g/mol. The van der Waals surface area contributed by atoms with E-state index in [-0.39, 0.29) is 40.0 Å². The zero-order valence-corrected chi connectivity index (χ0v) is 23.1. The first kappa shape index (κ1) is 28.8. The molecule has 40 heavy (non-hydrogen) atoms. The van der Waals surface area contributed by atoms with Crippen LogP contribution in [0.2, 0.25) is 10.0 Å². The van der Waals surface area contributed by atoms with Gasteiger partial charge in [-0.25, -0.2) is 9.78 Å². The number of esters is 1. The molecule has 1 aliphatic heterocycles. The van der Waals surface area contributed by atoms with Gasteiger partial charge in [0.25, 0.3) is 11.8 Å². The highest BCUT2D eigenvalue weighted by Gasteiger charge is 2.22. The summed E-state index contributed by atoms with van der Waals surface area (Å²) in [4.78, 5) is 44.5. The summed E-state index contributed by atoms with van der Waals surface area (Å²) >= 11 is 12.2. The summed E-state index contributed by atoms with van der Waals surface area (Å²) in [6.45, 7) is 3.03. The van der Waals surface area contributed by atoms with Crippen LogP contribution in [-0.2, 0) is 9.53 Å². The largest absolute Gasteiger partial charge is 0.480 e. The smallest absolute Gasteiger partial charge is 0.344 e. The molecule has 4 rings (SSSR count). The Hall–Kier alpha value is -4.15. The molecule has 2 aromatic carbocycles. The number of hydrogen-bond acceptors (Lipinski definition) is 7. The fraction of sp³-hybridized carbons (Fsp3) is 0.250. The normalized spacial score (nSPS) is 12.5. The molecule has 0 unspecified atom stereocenters. The summed E-state index contributed by atoms with van der Waals surface area (Å²) in [5, 5.41) is 14.3. The molecule has 2 heterocycles. The van der Waals surface area contributed by atoms with Crippen molar-refractivity contribution in [3.63, 3.8) is 0 Å². The average molecular weight is 584 g/mol. The first-order valence-electron chi connectivity index (χ1n) is 12.5. The van der Waals surface area contributed by atoms with Crippen molar-refractivity contribution in [2.75, 3.05) is 36.9 Å². The van der Waals surface area contributed by atoms with Crippen LogP contribution in [0.4, 0.5) is 11.5 Å². The van der Waals surface area contributed by atoms with E-state index >= 15 is 0 Å². The molecule has 3 aromatic rings. The lowest BCUT2D eigenvalue weighted by Crippen LogP contribution is -2.27. The number of aromatic nitrogens is 1. The number of amidine groups is 1. The zero-order chi connectivity index (χ0) is 28.6. The molecule has 2 amide bonds. The molecule has 0 radical (unpaired) electrons. The van der Waals surface area contributed by atoms with Gasteiger partial charge in [-0.15, -0.1) is 0 Å². The van der Waals surface area contributed by atoms with E-state index in [0.717, 1.165) is 25.9 Å². The Kier molecular flexibility index (Phi) is 9.57. The molecule has 208 valence electrons.